The molecule has 2 aliphatic carbocycles. The molecule has 2 nitrogen and oxygen atoms in total. The van der Waals surface area contributed by atoms with E-state index in [1.807, 2.05) is 6.92 Å². The maximum atomic E-state index is 12.0. The van der Waals surface area contributed by atoms with E-state index in [0.29, 0.717) is 17.6 Å². The predicted octanol–water partition coefficient (Wildman–Crippen LogP) is 3.80. The van der Waals surface area contributed by atoms with Crippen molar-refractivity contribution in [2.24, 2.45) is 23.2 Å². The quantitative estimate of drug-likeness (QED) is 0.791. The van der Waals surface area contributed by atoms with Gasteiger partial charge >= 0.3 is 0 Å². The Morgan fingerprint density at radius 1 is 1.21 bits per heavy atom. The molecule has 2 heteroatoms. The molecule has 0 amide bonds. The van der Waals surface area contributed by atoms with Gasteiger partial charge in [-0.25, -0.2) is 0 Å². The van der Waals surface area contributed by atoms with Crippen LogP contribution in [0.1, 0.15) is 66.2 Å². The van der Waals surface area contributed by atoms with Crippen LogP contribution in [0.15, 0.2) is 0 Å². The molecule has 1 spiro atoms. The van der Waals surface area contributed by atoms with Gasteiger partial charge in [-0.3, -0.25) is 4.79 Å². The van der Waals surface area contributed by atoms with Crippen LogP contribution in [-0.2, 0) is 4.79 Å². The highest BCUT2D eigenvalue weighted by molar-refractivity contribution is 5.83. The second kappa shape index (κ2) is 5.95. The van der Waals surface area contributed by atoms with Gasteiger partial charge in [-0.2, -0.15) is 0 Å². The van der Waals surface area contributed by atoms with Gasteiger partial charge < -0.3 is 5.32 Å². The van der Waals surface area contributed by atoms with E-state index in [2.05, 4.69) is 26.1 Å². The van der Waals surface area contributed by atoms with Crippen LogP contribution in [0.3, 0.4) is 0 Å². The highest BCUT2D eigenvalue weighted by atomic mass is 16.1. The van der Waals surface area contributed by atoms with Crippen molar-refractivity contribution in [3.05, 3.63) is 0 Å². The SMILES string of the molecule is CCNC(CC1CC(C)C2(CC2)C(C)C1)C(=O)CC. The van der Waals surface area contributed by atoms with Gasteiger partial charge in [-0.1, -0.05) is 27.7 Å². The van der Waals surface area contributed by atoms with E-state index in [0.717, 1.165) is 30.7 Å². The molecule has 2 rings (SSSR count). The number of nitrogens with one attached hydrogen (secondary N) is 1. The van der Waals surface area contributed by atoms with E-state index in [1.54, 1.807) is 0 Å². The molecule has 0 aromatic heterocycles. The van der Waals surface area contributed by atoms with Crippen LogP contribution in [0.2, 0.25) is 0 Å². The Labute approximate surface area is 118 Å². The Bertz CT molecular complexity index is 307. The Morgan fingerprint density at radius 3 is 2.21 bits per heavy atom. The Balaban J connectivity index is 1.93. The first-order valence-corrected chi connectivity index (χ1v) is 8.29. The fourth-order valence-corrected chi connectivity index (χ4v) is 4.53. The second-order valence-electron chi connectivity index (χ2n) is 7.04. The minimum atomic E-state index is 0.104. The van der Waals surface area contributed by atoms with E-state index >= 15 is 0 Å². The molecule has 1 N–H and O–H groups in total. The molecule has 0 aromatic rings. The number of hydrogen-bond acceptors (Lipinski definition) is 2. The fourth-order valence-electron chi connectivity index (χ4n) is 4.53. The molecule has 3 atom stereocenters. The number of ketones is 1. The van der Waals surface area contributed by atoms with Gasteiger partial charge in [0.15, 0.2) is 0 Å². The van der Waals surface area contributed by atoms with Crippen molar-refractivity contribution in [2.75, 3.05) is 6.54 Å². The molecular formula is C17H31NO. The van der Waals surface area contributed by atoms with Gasteiger partial charge in [0.2, 0.25) is 0 Å². The molecule has 3 unspecified atom stereocenters. The highest BCUT2D eigenvalue weighted by Gasteiger charge is 2.54. The molecule has 0 aromatic carbocycles. The van der Waals surface area contributed by atoms with Gasteiger partial charge in [-0.15, -0.1) is 0 Å². The summed E-state index contributed by atoms with van der Waals surface area (Å²) in [6.07, 6.45) is 7.30. The number of carbonyl (C=O) groups excluding carboxylic acids is 1. The average Bonchev–Trinajstić information content (AvgIpc) is 3.17. The molecule has 2 saturated carbocycles. The van der Waals surface area contributed by atoms with Crippen LogP contribution in [0.4, 0.5) is 0 Å². The Kier molecular flexibility index (Phi) is 4.70. The molecule has 0 heterocycles. The number of rotatable bonds is 6. The first kappa shape index (κ1) is 15.0. The summed E-state index contributed by atoms with van der Waals surface area (Å²) < 4.78 is 0. The normalized spacial score (nSPS) is 34.2. The zero-order valence-corrected chi connectivity index (χ0v) is 13.2. The Morgan fingerprint density at radius 2 is 1.79 bits per heavy atom. The lowest BCUT2D eigenvalue weighted by molar-refractivity contribution is -0.121. The molecule has 2 fully saturated rings. The number of hydrogen-bond donors (Lipinski definition) is 1. The zero-order valence-electron chi connectivity index (χ0n) is 13.2. The lowest BCUT2D eigenvalue weighted by atomic mass is 9.65. The van der Waals surface area contributed by atoms with Gasteiger partial charge in [0, 0.05) is 6.42 Å². The number of likely N-dealkylation sites (N-methyl/N-ethyl adjacent to an activating group) is 1. The van der Waals surface area contributed by atoms with Crippen LogP contribution in [0, 0.1) is 23.2 Å². The first-order valence-electron chi connectivity index (χ1n) is 8.29. The smallest absolute Gasteiger partial charge is 0.149 e. The van der Waals surface area contributed by atoms with Crippen molar-refractivity contribution < 1.29 is 4.79 Å². The van der Waals surface area contributed by atoms with Crippen molar-refractivity contribution >= 4 is 5.78 Å². The molecule has 0 saturated heterocycles. The van der Waals surface area contributed by atoms with Crippen molar-refractivity contribution in [1.82, 2.24) is 5.32 Å². The lowest BCUT2D eigenvalue weighted by Crippen LogP contribution is -2.40. The van der Waals surface area contributed by atoms with Crippen LogP contribution >= 0.6 is 0 Å². The lowest BCUT2D eigenvalue weighted by Gasteiger charge is -2.41. The fraction of sp³-hybridized carbons (Fsp3) is 0.941. The number of Topliss-reactive ketones (excluding diaryl/α,β-unsaturated/α-hetero) is 1. The molecular weight excluding hydrogens is 234 g/mol. The van der Waals surface area contributed by atoms with Gasteiger partial charge in [0.25, 0.3) is 0 Å². The Hall–Kier alpha value is -0.370. The van der Waals surface area contributed by atoms with E-state index < -0.39 is 0 Å². The van der Waals surface area contributed by atoms with E-state index in [-0.39, 0.29) is 6.04 Å². The van der Waals surface area contributed by atoms with Crippen LogP contribution in [0.25, 0.3) is 0 Å². The third-order valence-corrected chi connectivity index (χ3v) is 5.92. The van der Waals surface area contributed by atoms with Crippen molar-refractivity contribution in [3.8, 4) is 0 Å². The third kappa shape index (κ3) is 3.04. The summed E-state index contributed by atoms with van der Waals surface area (Å²) in [7, 11) is 0. The summed E-state index contributed by atoms with van der Waals surface area (Å²) in [6.45, 7) is 9.87. The van der Waals surface area contributed by atoms with Crippen LogP contribution in [0.5, 0.6) is 0 Å². The van der Waals surface area contributed by atoms with Crippen molar-refractivity contribution in [3.63, 3.8) is 0 Å². The zero-order chi connectivity index (χ0) is 14.0. The monoisotopic (exact) mass is 265 g/mol. The highest BCUT2D eigenvalue weighted by Crippen LogP contribution is 2.63. The maximum Gasteiger partial charge on any atom is 0.149 e. The standard InChI is InChI=1S/C17H31NO/c1-5-16(19)15(18-6-2)11-14-9-12(3)17(7-8-17)13(4)10-14/h12-15,18H,5-11H2,1-4H3. The predicted molar refractivity (Wildman–Crippen MR) is 80.1 cm³/mol. The molecule has 2 aliphatic rings. The molecule has 19 heavy (non-hydrogen) atoms. The van der Waals surface area contributed by atoms with Gasteiger partial charge in [0.1, 0.15) is 5.78 Å². The summed E-state index contributed by atoms with van der Waals surface area (Å²) in [5.74, 6) is 2.87. The number of carbonyl (C=O) groups is 1. The first-order chi connectivity index (χ1) is 9.03. The largest absolute Gasteiger partial charge is 0.308 e. The van der Waals surface area contributed by atoms with E-state index in [1.165, 1.54) is 25.7 Å². The molecule has 0 aliphatic heterocycles. The van der Waals surface area contributed by atoms with Crippen molar-refractivity contribution in [2.45, 2.75) is 72.3 Å². The van der Waals surface area contributed by atoms with Gasteiger partial charge in [-0.05, 0) is 61.8 Å². The summed E-state index contributed by atoms with van der Waals surface area (Å²) in [6, 6.07) is 0.104. The second-order valence-corrected chi connectivity index (χ2v) is 7.04. The average molecular weight is 265 g/mol. The summed E-state index contributed by atoms with van der Waals surface area (Å²) in [4.78, 5) is 12.0. The summed E-state index contributed by atoms with van der Waals surface area (Å²) in [5.41, 5.74) is 0.693. The van der Waals surface area contributed by atoms with Gasteiger partial charge in [0.05, 0.1) is 6.04 Å². The maximum absolute atomic E-state index is 12.0. The molecule has 110 valence electrons. The summed E-state index contributed by atoms with van der Waals surface area (Å²) in [5, 5.41) is 3.40. The minimum Gasteiger partial charge on any atom is -0.308 e. The third-order valence-electron chi connectivity index (χ3n) is 5.92. The van der Waals surface area contributed by atoms with Crippen LogP contribution < -0.4 is 5.32 Å². The summed E-state index contributed by atoms with van der Waals surface area (Å²) >= 11 is 0. The van der Waals surface area contributed by atoms with Crippen LogP contribution in [-0.4, -0.2) is 18.4 Å². The van der Waals surface area contributed by atoms with E-state index in [4.69, 9.17) is 0 Å². The van der Waals surface area contributed by atoms with E-state index in [9.17, 15) is 4.79 Å². The molecule has 0 radical (unpaired) electrons. The topological polar surface area (TPSA) is 29.1 Å². The minimum absolute atomic E-state index is 0.104. The van der Waals surface area contributed by atoms with Crippen molar-refractivity contribution in [1.29, 1.82) is 0 Å². The molecule has 0 bridgehead atoms.